The maximum atomic E-state index is 11.8. The Balaban J connectivity index is 2.00. The summed E-state index contributed by atoms with van der Waals surface area (Å²) >= 11 is 1.31. The molecule has 1 heterocycles. The maximum Gasteiger partial charge on any atom is 0.262 e. The van der Waals surface area contributed by atoms with Crippen LogP contribution in [-0.2, 0) is 16.6 Å². The van der Waals surface area contributed by atoms with E-state index in [-0.39, 0.29) is 0 Å². The van der Waals surface area contributed by atoms with Crippen LogP contribution in [0.15, 0.2) is 16.3 Å². The Bertz CT molecular complexity index is 477. The Labute approximate surface area is 106 Å². The molecule has 1 aliphatic carbocycles. The molecular formula is C10H17N3O2S2. The molecule has 1 saturated carbocycles. The minimum absolute atomic E-state index is 0.360. The van der Waals surface area contributed by atoms with Crippen molar-refractivity contribution in [3.63, 3.8) is 0 Å². The number of hydrogen-bond donors (Lipinski definition) is 2. The first-order chi connectivity index (χ1) is 7.97. The average molecular weight is 275 g/mol. The molecule has 0 bridgehead atoms. The van der Waals surface area contributed by atoms with Crippen molar-refractivity contribution in [2.24, 2.45) is 0 Å². The van der Waals surface area contributed by atoms with Gasteiger partial charge < -0.3 is 5.32 Å². The van der Waals surface area contributed by atoms with Crippen LogP contribution >= 0.6 is 11.3 Å². The monoisotopic (exact) mass is 275 g/mol. The second-order valence-electron chi connectivity index (χ2n) is 4.37. The molecule has 0 unspecified atom stereocenters. The Morgan fingerprint density at radius 2 is 2.12 bits per heavy atom. The molecule has 7 heteroatoms. The minimum Gasteiger partial charge on any atom is -0.309 e. The van der Waals surface area contributed by atoms with Gasteiger partial charge in [-0.05, 0) is 25.0 Å². The van der Waals surface area contributed by atoms with Crippen molar-refractivity contribution in [1.82, 2.24) is 15.2 Å². The second-order valence-corrected chi connectivity index (χ2v) is 7.42. The van der Waals surface area contributed by atoms with Crippen molar-refractivity contribution < 1.29 is 8.42 Å². The van der Waals surface area contributed by atoms with E-state index in [0.29, 0.717) is 10.3 Å². The molecule has 0 aromatic carbocycles. The molecule has 17 heavy (non-hydrogen) atoms. The fraction of sp³-hybridized carbons (Fsp3) is 0.600. The lowest BCUT2D eigenvalue weighted by Gasteiger charge is -2.10. The van der Waals surface area contributed by atoms with Gasteiger partial charge in [0.1, 0.15) is 4.21 Å². The highest BCUT2D eigenvalue weighted by molar-refractivity contribution is 7.91. The third-order valence-electron chi connectivity index (χ3n) is 2.35. The van der Waals surface area contributed by atoms with Crippen molar-refractivity contribution in [3.05, 3.63) is 17.0 Å². The van der Waals surface area contributed by atoms with Gasteiger partial charge in [0.25, 0.3) is 10.0 Å². The standard InChI is InChI=1S/C10H17N3O2S2/c1-13(2)12-17(14,15)10-6-5-9(16-10)7-11-8-3-4-8/h5-6,8,11-12H,3-4,7H2,1-2H3. The molecular weight excluding hydrogens is 258 g/mol. The topological polar surface area (TPSA) is 61.4 Å². The van der Waals surface area contributed by atoms with Gasteiger partial charge in [0.2, 0.25) is 0 Å². The van der Waals surface area contributed by atoms with Gasteiger partial charge in [-0.25, -0.2) is 13.4 Å². The van der Waals surface area contributed by atoms with Crippen LogP contribution < -0.4 is 10.1 Å². The summed E-state index contributed by atoms with van der Waals surface area (Å²) in [5, 5.41) is 4.79. The molecule has 0 aliphatic heterocycles. The molecule has 1 aliphatic rings. The first-order valence-corrected chi connectivity index (χ1v) is 7.79. The van der Waals surface area contributed by atoms with E-state index in [1.54, 1.807) is 20.2 Å². The number of hydrazine groups is 1. The Hall–Kier alpha value is -0.470. The largest absolute Gasteiger partial charge is 0.309 e. The summed E-state index contributed by atoms with van der Waals surface area (Å²) in [6.07, 6.45) is 2.47. The molecule has 5 nitrogen and oxygen atoms in total. The fourth-order valence-corrected chi connectivity index (χ4v) is 3.79. The highest BCUT2D eigenvalue weighted by atomic mass is 32.2. The molecule has 1 aromatic heterocycles. The van der Waals surface area contributed by atoms with Crippen molar-refractivity contribution in [2.45, 2.75) is 29.6 Å². The van der Waals surface area contributed by atoms with Crippen molar-refractivity contribution >= 4 is 21.4 Å². The highest BCUT2D eigenvalue weighted by Crippen LogP contribution is 2.24. The van der Waals surface area contributed by atoms with Crippen molar-refractivity contribution in [2.75, 3.05) is 14.1 Å². The number of nitrogens with zero attached hydrogens (tertiary/aromatic N) is 1. The zero-order valence-corrected chi connectivity index (χ0v) is 11.6. The molecule has 96 valence electrons. The fourth-order valence-electron chi connectivity index (χ4n) is 1.42. The van der Waals surface area contributed by atoms with E-state index in [2.05, 4.69) is 10.1 Å². The van der Waals surface area contributed by atoms with Gasteiger partial charge >= 0.3 is 0 Å². The molecule has 0 atom stereocenters. The summed E-state index contributed by atoms with van der Waals surface area (Å²) < 4.78 is 24.0. The summed E-state index contributed by atoms with van der Waals surface area (Å²) in [5.74, 6) is 0. The predicted octanol–water partition coefficient (Wildman–Crippen LogP) is 0.755. The molecule has 0 spiro atoms. The number of rotatable bonds is 6. The lowest BCUT2D eigenvalue weighted by Crippen LogP contribution is -2.35. The zero-order valence-electron chi connectivity index (χ0n) is 9.93. The molecule has 2 N–H and O–H groups in total. The van der Waals surface area contributed by atoms with Gasteiger partial charge in [0.05, 0.1) is 0 Å². The van der Waals surface area contributed by atoms with Gasteiger partial charge in [0, 0.05) is 31.6 Å². The van der Waals surface area contributed by atoms with E-state index in [1.807, 2.05) is 6.07 Å². The molecule has 1 fully saturated rings. The molecule has 1 aromatic rings. The zero-order chi connectivity index (χ0) is 12.5. The van der Waals surface area contributed by atoms with E-state index < -0.39 is 10.0 Å². The highest BCUT2D eigenvalue weighted by Gasteiger charge is 2.21. The summed E-state index contributed by atoms with van der Waals surface area (Å²) in [5.41, 5.74) is 0. The van der Waals surface area contributed by atoms with E-state index in [1.165, 1.54) is 29.2 Å². The van der Waals surface area contributed by atoms with Gasteiger partial charge in [-0.2, -0.15) is 0 Å². The van der Waals surface area contributed by atoms with E-state index >= 15 is 0 Å². The molecule has 0 radical (unpaired) electrons. The van der Waals surface area contributed by atoms with Crippen LogP contribution in [0.4, 0.5) is 0 Å². The van der Waals surface area contributed by atoms with Crippen LogP contribution in [0.3, 0.4) is 0 Å². The van der Waals surface area contributed by atoms with Crippen LogP contribution in [0.2, 0.25) is 0 Å². The molecule has 0 amide bonds. The number of hydrogen-bond acceptors (Lipinski definition) is 5. The summed E-state index contributed by atoms with van der Waals surface area (Å²) in [4.78, 5) is 3.47. The number of sulfonamides is 1. The first kappa shape index (κ1) is 13.0. The van der Waals surface area contributed by atoms with Crippen molar-refractivity contribution in [3.8, 4) is 0 Å². The third kappa shape index (κ3) is 3.75. The lowest BCUT2D eigenvalue weighted by molar-refractivity contribution is 0.364. The van der Waals surface area contributed by atoms with Crippen molar-refractivity contribution in [1.29, 1.82) is 0 Å². The van der Waals surface area contributed by atoms with E-state index in [0.717, 1.165) is 11.4 Å². The van der Waals surface area contributed by atoms with E-state index in [9.17, 15) is 8.42 Å². The lowest BCUT2D eigenvalue weighted by atomic mass is 10.4. The summed E-state index contributed by atoms with van der Waals surface area (Å²) in [6.45, 7) is 0.757. The van der Waals surface area contributed by atoms with Crippen LogP contribution in [0.5, 0.6) is 0 Å². The van der Waals surface area contributed by atoms with E-state index in [4.69, 9.17) is 0 Å². The second kappa shape index (κ2) is 5.03. The van der Waals surface area contributed by atoms with Gasteiger partial charge in [-0.3, -0.25) is 0 Å². The smallest absolute Gasteiger partial charge is 0.262 e. The average Bonchev–Trinajstić information content (AvgIpc) is 2.90. The first-order valence-electron chi connectivity index (χ1n) is 5.49. The van der Waals surface area contributed by atoms with Crippen LogP contribution in [0, 0.1) is 0 Å². The van der Waals surface area contributed by atoms with Crippen LogP contribution in [-0.4, -0.2) is 33.6 Å². The Morgan fingerprint density at radius 3 is 2.71 bits per heavy atom. The Morgan fingerprint density at radius 1 is 1.41 bits per heavy atom. The predicted molar refractivity (Wildman–Crippen MR) is 68.2 cm³/mol. The third-order valence-corrected chi connectivity index (χ3v) is 5.41. The quantitative estimate of drug-likeness (QED) is 0.752. The molecule has 2 rings (SSSR count). The Kier molecular flexibility index (Phi) is 3.84. The number of thiophene rings is 1. The normalized spacial score (nSPS) is 16.6. The van der Waals surface area contributed by atoms with Crippen LogP contribution in [0.25, 0.3) is 0 Å². The SMILES string of the molecule is CN(C)NS(=O)(=O)c1ccc(CNC2CC2)s1. The molecule has 0 saturated heterocycles. The minimum atomic E-state index is -3.39. The van der Waals surface area contributed by atoms with Crippen LogP contribution in [0.1, 0.15) is 17.7 Å². The maximum absolute atomic E-state index is 11.8. The summed E-state index contributed by atoms with van der Waals surface area (Å²) in [6, 6.07) is 4.15. The van der Waals surface area contributed by atoms with Gasteiger partial charge in [0.15, 0.2) is 0 Å². The van der Waals surface area contributed by atoms with Gasteiger partial charge in [-0.1, -0.05) is 0 Å². The summed E-state index contributed by atoms with van der Waals surface area (Å²) in [7, 11) is -0.0880. The number of nitrogens with one attached hydrogen (secondary N) is 2. The van der Waals surface area contributed by atoms with Gasteiger partial charge in [-0.15, -0.1) is 16.2 Å².